The Morgan fingerprint density at radius 2 is 1.81 bits per heavy atom. The van der Waals surface area contributed by atoms with Crippen LogP contribution in [0.25, 0.3) is 0 Å². The highest BCUT2D eigenvalue weighted by Gasteiger charge is 2.10. The van der Waals surface area contributed by atoms with Crippen molar-refractivity contribution in [2.75, 3.05) is 58.1 Å². The van der Waals surface area contributed by atoms with Crippen LogP contribution in [0.2, 0.25) is 0 Å². The number of nitrogens with zero attached hydrogens (tertiary/aromatic N) is 1. The summed E-state index contributed by atoms with van der Waals surface area (Å²) in [6.07, 6.45) is 0.884. The Morgan fingerprint density at radius 1 is 1.14 bits per heavy atom. The molecule has 0 aromatic heterocycles. The van der Waals surface area contributed by atoms with Crippen LogP contribution >= 0.6 is 0 Å². The summed E-state index contributed by atoms with van der Waals surface area (Å²) in [7, 11) is 3.33. The van der Waals surface area contributed by atoms with Crippen molar-refractivity contribution in [3.05, 3.63) is 24.3 Å². The molecule has 0 aliphatic heterocycles. The van der Waals surface area contributed by atoms with Crippen molar-refractivity contribution < 1.29 is 14.3 Å². The van der Waals surface area contributed by atoms with Crippen LogP contribution in [0.1, 0.15) is 6.42 Å². The van der Waals surface area contributed by atoms with Gasteiger partial charge in [0.25, 0.3) is 0 Å². The van der Waals surface area contributed by atoms with Crippen molar-refractivity contribution in [2.45, 2.75) is 6.42 Å². The Bertz CT molecular complexity index is 409. The van der Waals surface area contributed by atoms with E-state index in [1.54, 1.807) is 38.5 Å². The minimum atomic E-state index is -0.0479. The molecule has 0 aliphatic rings. The van der Waals surface area contributed by atoms with E-state index in [1.165, 1.54) is 0 Å². The van der Waals surface area contributed by atoms with Crippen molar-refractivity contribution in [3.63, 3.8) is 0 Å². The highest BCUT2D eigenvalue weighted by atomic mass is 16.5. The molecule has 0 radical (unpaired) electrons. The first-order valence-electron chi connectivity index (χ1n) is 7.01. The summed E-state index contributed by atoms with van der Waals surface area (Å²) in [5, 5.41) is 2.86. The van der Waals surface area contributed by atoms with Crippen LogP contribution in [0, 0.1) is 0 Å². The van der Waals surface area contributed by atoms with Gasteiger partial charge in [-0.05, 0) is 30.7 Å². The Kier molecular flexibility index (Phi) is 8.42. The summed E-state index contributed by atoms with van der Waals surface area (Å²) >= 11 is 0. The minimum Gasteiger partial charge on any atom is -0.399 e. The smallest absolute Gasteiger partial charge is 0.238 e. The molecule has 1 amide bonds. The van der Waals surface area contributed by atoms with E-state index in [2.05, 4.69) is 10.2 Å². The first kappa shape index (κ1) is 17.4. The van der Waals surface area contributed by atoms with Crippen LogP contribution in [-0.2, 0) is 14.3 Å². The van der Waals surface area contributed by atoms with Gasteiger partial charge in [0.1, 0.15) is 0 Å². The number of amides is 1. The van der Waals surface area contributed by atoms with Gasteiger partial charge in [-0.3, -0.25) is 9.69 Å². The molecule has 118 valence electrons. The maximum absolute atomic E-state index is 12.0. The normalized spacial score (nSPS) is 10.8. The Balaban J connectivity index is 2.43. The number of carbonyl (C=O) groups is 1. The first-order valence-corrected chi connectivity index (χ1v) is 7.01. The van der Waals surface area contributed by atoms with Gasteiger partial charge in [0.15, 0.2) is 0 Å². The Hall–Kier alpha value is -1.63. The lowest BCUT2D eigenvalue weighted by molar-refractivity contribution is -0.117. The van der Waals surface area contributed by atoms with E-state index in [4.69, 9.17) is 15.2 Å². The van der Waals surface area contributed by atoms with Crippen molar-refractivity contribution >= 4 is 17.3 Å². The van der Waals surface area contributed by atoms with E-state index in [0.717, 1.165) is 25.2 Å². The predicted molar refractivity (Wildman–Crippen MR) is 84.3 cm³/mol. The van der Waals surface area contributed by atoms with Gasteiger partial charge in [0.2, 0.25) is 5.91 Å². The number of hydrogen-bond acceptors (Lipinski definition) is 5. The SMILES string of the molecule is COCCCN(CCOC)CC(=O)Nc1ccc(N)cc1. The third kappa shape index (κ3) is 7.65. The van der Waals surface area contributed by atoms with Crippen LogP contribution in [0.3, 0.4) is 0 Å². The zero-order chi connectivity index (χ0) is 15.5. The number of anilines is 2. The standard InChI is InChI=1S/C15H25N3O3/c1-20-10-3-8-18(9-11-21-2)12-15(19)17-14-6-4-13(16)5-7-14/h4-7H,3,8-12,16H2,1-2H3,(H,17,19). The summed E-state index contributed by atoms with van der Waals surface area (Å²) in [6, 6.07) is 7.10. The predicted octanol–water partition coefficient (Wildman–Crippen LogP) is 1.19. The van der Waals surface area contributed by atoms with Crippen LogP contribution < -0.4 is 11.1 Å². The van der Waals surface area contributed by atoms with Gasteiger partial charge in [-0.2, -0.15) is 0 Å². The van der Waals surface area contributed by atoms with Gasteiger partial charge in [-0.1, -0.05) is 0 Å². The molecule has 21 heavy (non-hydrogen) atoms. The number of nitrogen functional groups attached to an aromatic ring is 1. The average molecular weight is 295 g/mol. The lowest BCUT2D eigenvalue weighted by Gasteiger charge is -2.21. The van der Waals surface area contributed by atoms with Gasteiger partial charge >= 0.3 is 0 Å². The number of carbonyl (C=O) groups excluding carboxylic acids is 1. The molecule has 3 N–H and O–H groups in total. The third-order valence-electron chi connectivity index (χ3n) is 3.00. The molecule has 6 heteroatoms. The molecule has 0 unspecified atom stereocenters. The number of rotatable bonds is 10. The molecule has 1 aromatic rings. The van der Waals surface area contributed by atoms with Crippen molar-refractivity contribution in [1.82, 2.24) is 4.90 Å². The maximum atomic E-state index is 12.0. The fourth-order valence-corrected chi connectivity index (χ4v) is 1.89. The molecular formula is C15H25N3O3. The van der Waals surface area contributed by atoms with Crippen LogP contribution in [0.15, 0.2) is 24.3 Å². The maximum Gasteiger partial charge on any atom is 0.238 e. The summed E-state index contributed by atoms with van der Waals surface area (Å²) in [5.41, 5.74) is 7.04. The summed E-state index contributed by atoms with van der Waals surface area (Å²) < 4.78 is 10.1. The van der Waals surface area contributed by atoms with Gasteiger partial charge in [0, 0.05) is 45.3 Å². The molecule has 0 spiro atoms. The summed E-state index contributed by atoms with van der Waals surface area (Å²) in [4.78, 5) is 14.1. The summed E-state index contributed by atoms with van der Waals surface area (Å²) in [6.45, 7) is 3.13. The Morgan fingerprint density at radius 3 is 2.43 bits per heavy atom. The third-order valence-corrected chi connectivity index (χ3v) is 3.00. The molecule has 0 atom stereocenters. The van der Waals surface area contributed by atoms with E-state index in [-0.39, 0.29) is 5.91 Å². The zero-order valence-corrected chi connectivity index (χ0v) is 12.8. The summed E-state index contributed by atoms with van der Waals surface area (Å²) in [5.74, 6) is -0.0479. The van der Waals surface area contributed by atoms with E-state index in [1.807, 2.05) is 0 Å². The van der Waals surface area contributed by atoms with Crippen molar-refractivity contribution in [2.24, 2.45) is 0 Å². The second-order valence-electron chi connectivity index (χ2n) is 4.79. The van der Waals surface area contributed by atoms with Gasteiger partial charge < -0.3 is 20.5 Å². The van der Waals surface area contributed by atoms with Crippen LogP contribution in [0.4, 0.5) is 11.4 Å². The van der Waals surface area contributed by atoms with Gasteiger partial charge in [0.05, 0.1) is 13.2 Å². The van der Waals surface area contributed by atoms with E-state index < -0.39 is 0 Å². The highest BCUT2D eigenvalue weighted by molar-refractivity contribution is 5.92. The second-order valence-corrected chi connectivity index (χ2v) is 4.79. The van der Waals surface area contributed by atoms with Gasteiger partial charge in [-0.15, -0.1) is 0 Å². The van der Waals surface area contributed by atoms with E-state index in [0.29, 0.717) is 25.4 Å². The largest absolute Gasteiger partial charge is 0.399 e. The molecule has 0 saturated heterocycles. The molecule has 6 nitrogen and oxygen atoms in total. The Labute approximate surface area is 126 Å². The lowest BCUT2D eigenvalue weighted by Crippen LogP contribution is -2.36. The number of nitrogens with two attached hydrogens (primary N) is 1. The van der Waals surface area contributed by atoms with Crippen LogP contribution in [-0.4, -0.2) is 57.9 Å². The van der Waals surface area contributed by atoms with Gasteiger partial charge in [-0.25, -0.2) is 0 Å². The second kappa shape index (κ2) is 10.1. The molecule has 0 fully saturated rings. The number of hydrogen-bond donors (Lipinski definition) is 2. The zero-order valence-electron chi connectivity index (χ0n) is 12.8. The van der Waals surface area contributed by atoms with E-state index in [9.17, 15) is 4.79 Å². The molecule has 0 saturated carbocycles. The fourth-order valence-electron chi connectivity index (χ4n) is 1.89. The number of methoxy groups -OCH3 is 2. The molecule has 0 bridgehead atoms. The molecule has 1 aromatic carbocycles. The fraction of sp³-hybridized carbons (Fsp3) is 0.533. The highest BCUT2D eigenvalue weighted by Crippen LogP contribution is 2.10. The van der Waals surface area contributed by atoms with Crippen molar-refractivity contribution in [3.8, 4) is 0 Å². The van der Waals surface area contributed by atoms with Crippen LogP contribution in [0.5, 0.6) is 0 Å². The lowest BCUT2D eigenvalue weighted by atomic mass is 10.3. The van der Waals surface area contributed by atoms with E-state index >= 15 is 0 Å². The minimum absolute atomic E-state index is 0.0479. The molecule has 0 heterocycles. The monoisotopic (exact) mass is 295 g/mol. The molecule has 0 aliphatic carbocycles. The number of ether oxygens (including phenoxy) is 2. The number of benzene rings is 1. The molecular weight excluding hydrogens is 270 g/mol. The average Bonchev–Trinajstić information content (AvgIpc) is 2.47. The topological polar surface area (TPSA) is 76.8 Å². The molecule has 1 rings (SSSR count). The van der Waals surface area contributed by atoms with Crippen molar-refractivity contribution in [1.29, 1.82) is 0 Å². The first-order chi connectivity index (χ1) is 10.2. The quantitative estimate of drug-likeness (QED) is 0.501. The number of nitrogens with one attached hydrogen (secondary N) is 1.